The Morgan fingerprint density at radius 3 is 2.57 bits per heavy atom. The minimum atomic E-state index is -0.366. The number of rotatable bonds is 6. The molecule has 0 unspecified atom stereocenters. The van der Waals surface area contributed by atoms with Gasteiger partial charge in [-0.15, -0.1) is 0 Å². The second-order valence-corrected chi connectivity index (χ2v) is 6.39. The zero-order valence-corrected chi connectivity index (χ0v) is 13.2. The van der Waals surface area contributed by atoms with E-state index in [9.17, 15) is 10.1 Å². The van der Waals surface area contributed by atoms with Gasteiger partial charge in [-0.25, -0.2) is 0 Å². The lowest BCUT2D eigenvalue weighted by Crippen LogP contribution is -2.26. The van der Waals surface area contributed by atoms with Crippen LogP contribution in [0.15, 0.2) is 18.2 Å². The van der Waals surface area contributed by atoms with Crippen LogP contribution in [0, 0.1) is 22.0 Å². The highest BCUT2D eigenvalue weighted by atomic mass is 35.5. The van der Waals surface area contributed by atoms with E-state index in [1.165, 1.54) is 38.2 Å². The Morgan fingerprint density at radius 1 is 1.29 bits per heavy atom. The third kappa shape index (κ3) is 4.68. The highest BCUT2D eigenvalue weighted by Gasteiger charge is 2.20. The average Bonchev–Trinajstić information content (AvgIpc) is 2.49. The summed E-state index contributed by atoms with van der Waals surface area (Å²) in [6, 6.07) is 4.87. The van der Waals surface area contributed by atoms with E-state index in [4.69, 9.17) is 11.6 Å². The molecule has 116 valence electrons. The van der Waals surface area contributed by atoms with Crippen molar-refractivity contribution in [2.24, 2.45) is 11.8 Å². The van der Waals surface area contributed by atoms with Gasteiger partial charge in [0.05, 0.1) is 4.92 Å². The summed E-state index contributed by atoms with van der Waals surface area (Å²) in [7, 11) is 0. The maximum Gasteiger partial charge on any atom is 0.275 e. The lowest BCUT2D eigenvalue weighted by Gasteiger charge is -2.27. The van der Waals surface area contributed by atoms with Crippen molar-refractivity contribution in [1.29, 1.82) is 0 Å². The molecule has 1 aromatic rings. The van der Waals surface area contributed by atoms with E-state index in [-0.39, 0.29) is 10.6 Å². The quantitative estimate of drug-likeness (QED) is 0.619. The second kappa shape index (κ2) is 7.76. The van der Waals surface area contributed by atoms with Gasteiger partial charge in [0.15, 0.2) is 0 Å². The molecule has 0 atom stereocenters. The molecule has 1 saturated carbocycles. The minimum Gasteiger partial charge on any atom is -0.312 e. The Balaban J connectivity index is 1.83. The van der Waals surface area contributed by atoms with Crippen LogP contribution in [-0.2, 0) is 6.54 Å². The van der Waals surface area contributed by atoms with Gasteiger partial charge in [0.1, 0.15) is 0 Å². The third-order valence-corrected chi connectivity index (χ3v) is 4.77. The number of hydrogen-bond donors (Lipinski definition) is 1. The molecule has 5 heteroatoms. The van der Waals surface area contributed by atoms with E-state index in [1.807, 2.05) is 0 Å². The smallest absolute Gasteiger partial charge is 0.275 e. The first-order valence-electron chi connectivity index (χ1n) is 7.73. The molecular formula is C16H23ClN2O2. The van der Waals surface area contributed by atoms with Crippen LogP contribution in [0.25, 0.3) is 0 Å². The fraction of sp³-hybridized carbons (Fsp3) is 0.625. The summed E-state index contributed by atoms with van der Waals surface area (Å²) in [6.07, 6.45) is 6.48. The molecule has 0 bridgehead atoms. The van der Waals surface area contributed by atoms with Crippen LogP contribution >= 0.6 is 11.6 Å². The lowest BCUT2D eigenvalue weighted by atomic mass is 9.81. The van der Waals surface area contributed by atoms with Crippen molar-refractivity contribution in [3.05, 3.63) is 38.9 Å². The van der Waals surface area contributed by atoms with E-state index < -0.39 is 0 Å². The molecule has 0 heterocycles. The van der Waals surface area contributed by atoms with Crippen LogP contribution in [0.4, 0.5) is 5.69 Å². The lowest BCUT2D eigenvalue weighted by molar-refractivity contribution is -0.385. The molecule has 4 nitrogen and oxygen atoms in total. The van der Waals surface area contributed by atoms with Crippen molar-refractivity contribution in [2.75, 3.05) is 6.54 Å². The number of nitro benzene ring substituents is 1. The van der Waals surface area contributed by atoms with Crippen LogP contribution in [0.3, 0.4) is 0 Å². The van der Waals surface area contributed by atoms with Crippen molar-refractivity contribution in [1.82, 2.24) is 5.32 Å². The fourth-order valence-corrected chi connectivity index (χ4v) is 3.28. The molecule has 1 N–H and O–H groups in total. The van der Waals surface area contributed by atoms with E-state index in [2.05, 4.69) is 12.2 Å². The maximum atomic E-state index is 11.0. The van der Waals surface area contributed by atoms with Crippen LogP contribution in [-0.4, -0.2) is 11.5 Å². The third-order valence-electron chi connectivity index (χ3n) is 4.54. The maximum absolute atomic E-state index is 11.0. The Labute approximate surface area is 131 Å². The SMILES string of the molecule is CCC1CCC(CNCc2ccc(Cl)cc2[N+](=O)[O-])CC1. The molecule has 0 spiro atoms. The van der Waals surface area contributed by atoms with Gasteiger partial charge in [-0.1, -0.05) is 37.8 Å². The average molecular weight is 311 g/mol. The van der Waals surface area contributed by atoms with Gasteiger partial charge < -0.3 is 5.32 Å². The molecule has 0 aliphatic heterocycles. The molecule has 0 saturated heterocycles. The first kappa shape index (κ1) is 16.2. The molecule has 0 amide bonds. The van der Waals surface area contributed by atoms with Gasteiger partial charge >= 0.3 is 0 Å². The van der Waals surface area contributed by atoms with Gasteiger partial charge in [-0.3, -0.25) is 10.1 Å². The van der Waals surface area contributed by atoms with E-state index in [0.717, 1.165) is 12.5 Å². The predicted molar refractivity (Wildman–Crippen MR) is 85.6 cm³/mol. The van der Waals surface area contributed by atoms with Gasteiger partial charge in [0, 0.05) is 23.2 Å². The molecule has 21 heavy (non-hydrogen) atoms. The highest BCUT2D eigenvalue weighted by Crippen LogP contribution is 2.30. The molecule has 1 aromatic carbocycles. The predicted octanol–water partition coefficient (Wildman–Crippen LogP) is 4.55. The largest absolute Gasteiger partial charge is 0.312 e. The Kier molecular flexibility index (Phi) is 6.00. The van der Waals surface area contributed by atoms with E-state index in [0.29, 0.717) is 23.0 Å². The van der Waals surface area contributed by atoms with Crippen LogP contribution in [0.5, 0.6) is 0 Å². The van der Waals surface area contributed by atoms with E-state index in [1.54, 1.807) is 12.1 Å². The summed E-state index contributed by atoms with van der Waals surface area (Å²) in [6.45, 7) is 3.74. The van der Waals surface area contributed by atoms with Crippen molar-refractivity contribution in [2.45, 2.75) is 45.6 Å². The normalized spacial score (nSPS) is 22.2. The van der Waals surface area contributed by atoms with Crippen molar-refractivity contribution in [3.63, 3.8) is 0 Å². The summed E-state index contributed by atoms with van der Waals surface area (Å²) in [5.41, 5.74) is 0.802. The zero-order chi connectivity index (χ0) is 15.2. The van der Waals surface area contributed by atoms with Gasteiger partial charge in [0.25, 0.3) is 5.69 Å². The summed E-state index contributed by atoms with van der Waals surface area (Å²) >= 11 is 5.82. The number of hydrogen-bond acceptors (Lipinski definition) is 3. The molecule has 0 radical (unpaired) electrons. The Bertz CT molecular complexity index is 485. The second-order valence-electron chi connectivity index (χ2n) is 5.96. The number of benzene rings is 1. The van der Waals surface area contributed by atoms with Crippen LogP contribution in [0.2, 0.25) is 5.02 Å². The van der Waals surface area contributed by atoms with Gasteiger partial charge in [-0.2, -0.15) is 0 Å². The molecule has 1 aliphatic carbocycles. The van der Waals surface area contributed by atoms with Crippen molar-refractivity contribution < 1.29 is 4.92 Å². The Morgan fingerprint density at radius 2 is 1.95 bits per heavy atom. The van der Waals surface area contributed by atoms with Gasteiger partial charge in [-0.05, 0) is 43.4 Å². The first-order chi connectivity index (χ1) is 10.1. The summed E-state index contributed by atoms with van der Waals surface area (Å²) in [5, 5.41) is 14.8. The first-order valence-corrected chi connectivity index (χ1v) is 8.11. The molecule has 0 aromatic heterocycles. The summed E-state index contributed by atoms with van der Waals surface area (Å²) in [4.78, 5) is 10.7. The van der Waals surface area contributed by atoms with Crippen molar-refractivity contribution in [3.8, 4) is 0 Å². The van der Waals surface area contributed by atoms with Crippen LogP contribution in [0.1, 0.15) is 44.6 Å². The topological polar surface area (TPSA) is 55.2 Å². The summed E-state index contributed by atoms with van der Waals surface area (Å²) in [5.74, 6) is 1.61. The minimum absolute atomic E-state index is 0.102. The van der Waals surface area contributed by atoms with Crippen LogP contribution < -0.4 is 5.32 Å². The molecule has 1 fully saturated rings. The number of halogens is 1. The van der Waals surface area contributed by atoms with E-state index >= 15 is 0 Å². The number of nitrogens with one attached hydrogen (secondary N) is 1. The van der Waals surface area contributed by atoms with Gasteiger partial charge in [0.2, 0.25) is 0 Å². The van der Waals surface area contributed by atoms with Crippen molar-refractivity contribution >= 4 is 17.3 Å². The Hall–Kier alpha value is -1.13. The summed E-state index contributed by atoms with van der Waals surface area (Å²) < 4.78 is 0. The highest BCUT2D eigenvalue weighted by molar-refractivity contribution is 6.30. The molecule has 1 aliphatic rings. The monoisotopic (exact) mass is 310 g/mol. The molecule has 2 rings (SSSR count). The number of nitrogens with zero attached hydrogens (tertiary/aromatic N) is 1. The standard InChI is InChI=1S/C16H23ClN2O2/c1-2-12-3-5-13(6-4-12)10-18-11-14-7-8-15(17)9-16(14)19(20)21/h7-9,12-13,18H,2-6,10-11H2,1H3. The fourth-order valence-electron chi connectivity index (χ4n) is 3.11. The number of nitro groups is 1. The molecular weight excluding hydrogens is 288 g/mol. The zero-order valence-electron chi connectivity index (χ0n) is 12.5.